The van der Waals surface area contributed by atoms with Gasteiger partial charge in [-0.05, 0) is 37.6 Å². The van der Waals surface area contributed by atoms with Crippen LogP contribution in [0.15, 0.2) is 58.2 Å². The van der Waals surface area contributed by atoms with Gasteiger partial charge in [0.1, 0.15) is 5.82 Å². The third kappa shape index (κ3) is 5.44. The Morgan fingerprint density at radius 3 is 2.65 bits per heavy atom. The number of allylic oxidation sites excluding steroid dienone is 2. The third-order valence-electron chi connectivity index (χ3n) is 5.63. The number of furan rings is 1. The first-order valence-electron chi connectivity index (χ1n) is 10.8. The molecule has 0 radical (unpaired) electrons. The number of rotatable bonds is 7. The van der Waals surface area contributed by atoms with Crippen molar-refractivity contribution in [2.75, 3.05) is 32.6 Å². The minimum absolute atomic E-state index is 0.0265. The number of carbonyl (C=O) groups is 2. The number of ether oxygens (including phenoxy) is 1. The van der Waals surface area contributed by atoms with Gasteiger partial charge in [0.05, 0.1) is 18.8 Å². The van der Waals surface area contributed by atoms with Crippen LogP contribution in [0.5, 0.6) is 0 Å². The molecule has 8 nitrogen and oxygen atoms in total. The Bertz CT molecular complexity index is 1080. The van der Waals surface area contributed by atoms with E-state index in [1.165, 1.54) is 6.26 Å². The highest BCUT2D eigenvalue weighted by Gasteiger charge is 2.35. The van der Waals surface area contributed by atoms with Crippen LogP contribution in [0, 0.1) is 0 Å². The normalized spacial score (nSPS) is 16.1. The summed E-state index contributed by atoms with van der Waals surface area (Å²) in [5.74, 6) is 1.51. The van der Waals surface area contributed by atoms with Gasteiger partial charge in [-0.3, -0.25) is 9.59 Å². The summed E-state index contributed by atoms with van der Waals surface area (Å²) in [4.78, 5) is 30.5. The lowest BCUT2D eigenvalue weighted by molar-refractivity contribution is 0.0221. The number of hydrogen-bond acceptors (Lipinski definition) is 7. The van der Waals surface area contributed by atoms with E-state index in [2.05, 4.69) is 14.7 Å². The summed E-state index contributed by atoms with van der Waals surface area (Å²) < 4.78 is 34.8. The molecular weight excluding hydrogens is 446 g/mol. The Balaban J connectivity index is 0.000000396. The van der Waals surface area contributed by atoms with Gasteiger partial charge >= 0.3 is 0 Å². The van der Waals surface area contributed by atoms with E-state index in [0.717, 1.165) is 16.7 Å². The maximum absolute atomic E-state index is 12.9. The topological polar surface area (TPSA) is 87.9 Å². The van der Waals surface area contributed by atoms with Crippen molar-refractivity contribution in [2.24, 2.45) is 0 Å². The van der Waals surface area contributed by atoms with Crippen molar-refractivity contribution in [3.8, 4) is 0 Å². The van der Waals surface area contributed by atoms with Crippen LogP contribution in [0.2, 0.25) is 0 Å². The van der Waals surface area contributed by atoms with Crippen LogP contribution in [-0.4, -0.2) is 66.7 Å². The molecule has 0 spiro atoms. The summed E-state index contributed by atoms with van der Waals surface area (Å²) in [7, 11) is 3.58. The molecule has 2 aromatic heterocycles. The van der Waals surface area contributed by atoms with E-state index in [1.54, 1.807) is 43.4 Å². The molecule has 34 heavy (non-hydrogen) atoms. The SMILES string of the molecule is CNc1nccc2c1CN(C(C)C1=CC(C)=C(OCC(F)F)N(C)C1)C2=O.O=Cc1ccco1. The van der Waals surface area contributed by atoms with E-state index in [0.29, 0.717) is 42.4 Å². The van der Waals surface area contributed by atoms with Gasteiger partial charge in [-0.1, -0.05) is 6.08 Å². The number of aldehydes is 1. The lowest BCUT2D eigenvalue weighted by atomic mass is 10.0. The van der Waals surface area contributed by atoms with E-state index < -0.39 is 13.0 Å². The molecule has 0 aromatic carbocycles. The van der Waals surface area contributed by atoms with Crippen molar-refractivity contribution >= 4 is 18.0 Å². The molecule has 182 valence electrons. The first kappa shape index (κ1) is 24.9. The summed E-state index contributed by atoms with van der Waals surface area (Å²) in [6.45, 7) is 4.17. The number of pyridine rings is 1. The molecule has 2 aliphatic heterocycles. The summed E-state index contributed by atoms with van der Waals surface area (Å²) in [6.07, 6.45) is 3.17. The Morgan fingerprint density at radius 1 is 1.32 bits per heavy atom. The minimum atomic E-state index is -2.52. The van der Waals surface area contributed by atoms with E-state index >= 15 is 0 Å². The van der Waals surface area contributed by atoms with Crippen molar-refractivity contribution in [1.29, 1.82) is 0 Å². The van der Waals surface area contributed by atoms with Gasteiger partial charge in [0.25, 0.3) is 12.3 Å². The Hall–Kier alpha value is -3.69. The Labute approximate surface area is 196 Å². The molecule has 2 aliphatic rings. The molecule has 1 amide bonds. The van der Waals surface area contributed by atoms with E-state index in [4.69, 9.17) is 4.74 Å². The number of fused-ring (bicyclic) bond motifs is 1. The van der Waals surface area contributed by atoms with Gasteiger partial charge in [0.2, 0.25) is 0 Å². The van der Waals surface area contributed by atoms with Crippen LogP contribution < -0.4 is 5.32 Å². The van der Waals surface area contributed by atoms with Crippen molar-refractivity contribution in [1.82, 2.24) is 14.8 Å². The smallest absolute Gasteiger partial charge is 0.272 e. The number of nitrogens with one attached hydrogen (secondary N) is 1. The first-order valence-corrected chi connectivity index (χ1v) is 10.8. The van der Waals surface area contributed by atoms with Gasteiger partial charge in [-0.2, -0.15) is 0 Å². The molecule has 1 N–H and O–H groups in total. The van der Waals surface area contributed by atoms with Crippen LogP contribution in [0.4, 0.5) is 14.6 Å². The summed E-state index contributed by atoms with van der Waals surface area (Å²) >= 11 is 0. The number of nitrogens with zero attached hydrogens (tertiary/aromatic N) is 3. The molecular formula is C24H28F2N4O4. The number of amides is 1. The monoisotopic (exact) mass is 474 g/mol. The Kier molecular flexibility index (Phi) is 8.04. The lowest BCUT2D eigenvalue weighted by Gasteiger charge is -2.34. The first-order chi connectivity index (χ1) is 16.3. The molecule has 0 saturated heterocycles. The Morgan fingerprint density at radius 2 is 2.09 bits per heavy atom. The zero-order valence-electron chi connectivity index (χ0n) is 19.5. The minimum Gasteiger partial charge on any atom is -0.473 e. The fourth-order valence-corrected chi connectivity index (χ4v) is 3.99. The molecule has 1 unspecified atom stereocenters. The van der Waals surface area contributed by atoms with Gasteiger partial charge in [-0.25, -0.2) is 13.8 Å². The van der Waals surface area contributed by atoms with Gasteiger partial charge in [0.15, 0.2) is 24.5 Å². The standard InChI is InChI=1S/C19H24F2N4O2.C5H4O2/c1-11-7-13(8-24(4)19(11)27-10-16(20)21)12(2)25-9-15-14(18(25)26)5-6-23-17(15)22-3;6-4-5-2-1-3-7-5/h5-7,12,16H,8-10H2,1-4H3,(H,22,23);1-4H. The fourth-order valence-electron chi connectivity index (χ4n) is 3.99. The molecule has 0 saturated carbocycles. The molecule has 0 aliphatic carbocycles. The maximum atomic E-state index is 12.9. The number of hydrogen-bond donors (Lipinski definition) is 1. The molecule has 2 aromatic rings. The zero-order valence-corrected chi connectivity index (χ0v) is 19.5. The van der Waals surface area contributed by atoms with Crippen molar-refractivity contribution in [2.45, 2.75) is 32.9 Å². The number of halogens is 2. The molecule has 4 heterocycles. The highest BCUT2D eigenvalue weighted by molar-refractivity contribution is 6.00. The molecule has 10 heteroatoms. The summed E-state index contributed by atoms with van der Waals surface area (Å²) in [6, 6.07) is 4.88. The molecule has 0 bridgehead atoms. The average Bonchev–Trinajstić information content (AvgIpc) is 3.46. The van der Waals surface area contributed by atoms with Crippen LogP contribution in [-0.2, 0) is 11.3 Å². The fraction of sp³-hybridized carbons (Fsp3) is 0.375. The van der Waals surface area contributed by atoms with Gasteiger partial charge in [-0.15, -0.1) is 0 Å². The summed E-state index contributed by atoms with van der Waals surface area (Å²) in [5.41, 5.74) is 3.36. The van der Waals surface area contributed by atoms with Gasteiger partial charge < -0.3 is 24.3 Å². The predicted molar refractivity (Wildman–Crippen MR) is 123 cm³/mol. The third-order valence-corrected chi connectivity index (χ3v) is 5.63. The van der Waals surface area contributed by atoms with E-state index in [1.807, 2.05) is 24.8 Å². The van der Waals surface area contributed by atoms with Crippen LogP contribution in [0.3, 0.4) is 0 Å². The van der Waals surface area contributed by atoms with Crippen LogP contribution in [0.25, 0.3) is 0 Å². The van der Waals surface area contributed by atoms with Crippen molar-refractivity contribution in [3.63, 3.8) is 0 Å². The molecule has 1 atom stereocenters. The number of aromatic nitrogens is 1. The van der Waals surface area contributed by atoms with E-state index in [-0.39, 0.29) is 11.9 Å². The molecule has 4 rings (SSSR count). The van der Waals surface area contributed by atoms with Crippen molar-refractivity contribution < 1.29 is 27.5 Å². The number of alkyl halides is 2. The largest absolute Gasteiger partial charge is 0.473 e. The second-order valence-electron chi connectivity index (χ2n) is 7.94. The molecule has 0 fully saturated rings. The average molecular weight is 475 g/mol. The van der Waals surface area contributed by atoms with Gasteiger partial charge in [0, 0.05) is 43.5 Å². The predicted octanol–water partition coefficient (Wildman–Crippen LogP) is 3.94. The van der Waals surface area contributed by atoms with Crippen molar-refractivity contribution in [3.05, 3.63) is 70.7 Å². The maximum Gasteiger partial charge on any atom is 0.272 e. The second kappa shape index (κ2) is 11.0. The number of anilines is 1. The summed E-state index contributed by atoms with van der Waals surface area (Å²) in [5, 5.41) is 3.03. The highest BCUT2D eigenvalue weighted by atomic mass is 19.3. The lowest BCUT2D eigenvalue weighted by Crippen LogP contribution is -2.39. The highest BCUT2D eigenvalue weighted by Crippen LogP contribution is 2.32. The second-order valence-corrected chi connectivity index (χ2v) is 7.94. The van der Waals surface area contributed by atoms with E-state index in [9.17, 15) is 18.4 Å². The number of carbonyl (C=O) groups excluding carboxylic acids is 2. The number of likely N-dealkylation sites (N-methyl/N-ethyl adjacent to an activating group) is 1. The van der Waals surface area contributed by atoms with Crippen LogP contribution in [0.1, 0.15) is 40.3 Å². The zero-order chi connectivity index (χ0) is 24.8. The van der Waals surface area contributed by atoms with Crippen LogP contribution >= 0.6 is 0 Å². The quantitative estimate of drug-likeness (QED) is 0.608.